The molecule has 0 fully saturated rings. The van der Waals surface area contributed by atoms with Crippen LogP contribution in [0, 0.1) is 5.82 Å². The Hall–Kier alpha value is -1.78. The van der Waals surface area contributed by atoms with Gasteiger partial charge in [-0.15, -0.1) is 0 Å². The molecule has 0 heterocycles. The van der Waals surface area contributed by atoms with E-state index in [1.54, 1.807) is 6.92 Å². The van der Waals surface area contributed by atoms with Crippen LogP contribution in [0.5, 0.6) is 0 Å². The van der Waals surface area contributed by atoms with Gasteiger partial charge in [0.2, 0.25) is 0 Å². The monoisotopic (exact) mass is 197 g/mol. The molecule has 0 radical (unpaired) electrons. The molecular formula is C9H12FN3O. The number of benzene rings is 1. The van der Waals surface area contributed by atoms with E-state index < -0.39 is 11.8 Å². The second kappa shape index (κ2) is 4.45. The number of halogens is 1. The molecule has 2 amide bonds. The summed E-state index contributed by atoms with van der Waals surface area (Å²) in [6.45, 7) is 2.27. The highest BCUT2D eigenvalue weighted by atomic mass is 19.1. The number of amides is 2. The summed E-state index contributed by atoms with van der Waals surface area (Å²) in [5, 5.41) is 4.85. The number of rotatable bonds is 2. The van der Waals surface area contributed by atoms with E-state index >= 15 is 0 Å². The minimum Gasteiger partial charge on any atom is -0.399 e. The molecule has 0 saturated carbocycles. The molecule has 0 aliphatic heterocycles. The van der Waals surface area contributed by atoms with Gasteiger partial charge in [0.1, 0.15) is 5.82 Å². The van der Waals surface area contributed by atoms with Crippen molar-refractivity contribution in [1.29, 1.82) is 0 Å². The standard InChI is InChI=1S/C9H12FN3O/c1-2-12-9(14)13-8-4-3-6(11)5-7(8)10/h3-5H,2,11H2,1H3,(H2,12,13,14). The molecule has 0 aliphatic rings. The van der Waals surface area contributed by atoms with Crippen LogP contribution in [0.1, 0.15) is 6.92 Å². The molecule has 0 unspecified atom stereocenters. The van der Waals surface area contributed by atoms with Crippen molar-refractivity contribution in [2.45, 2.75) is 6.92 Å². The fourth-order valence-corrected chi connectivity index (χ4v) is 0.960. The first-order valence-electron chi connectivity index (χ1n) is 4.23. The van der Waals surface area contributed by atoms with E-state index in [0.29, 0.717) is 12.2 Å². The van der Waals surface area contributed by atoms with E-state index in [4.69, 9.17) is 5.73 Å². The largest absolute Gasteiger partial charge is 0.399 e. The number of carbonyl (C=O) groups excluding carboxylic acids is 1. The highest BCUT2D eigenvalue weighted by Crippen LogP contribution is 2.16. The van der Waals surface area contributed by atoms with Crippen molar-refractivity contribution in [1.82, 2.24) is 5.32 Å². The van der Waals surface area contributed by atoms with Crippen LogP contribution in [0.15, 0.2) is 18.2 Å². The smallest absolute Gasteiger partial charge is 0.319 e. The zero-order valence-electron chi connectivity index (χ0n) is 7.80. The number of urea groups is 1. The summed E-state index contributed by atoms with van der Waals surface area (Å²) in [4.78, 5) is 11.0. The van der Waals surface area contributed by atoms with E-state index in [1.807, 2.05) is 0 Å². The summed E-state index contributed by atoms with van der Waals surface area (Å²) in [5.41, 5.74) is 5.79. The Labute approximate surface area is 81.3 Å². The Bertz CT molecular complexity index is 341. The fraction of sp³-hybridized carbons (Fsp3) is 0.222. The fourth-order valence-electron chi connectivity index (χ4n) is 0.960. The van der Waals surface area contributed by atoms with Gasteiger partial charge in [0.15, 0.2) is 0 Å². The predicted octanol–water partition coefficient (Wildman–Crippen LogP) is 1.55. The number of hydrogen-bond acceptors (Lipinski definition) is 2. The lowest BCUT2D eigenvalue weighted by Gasteiger charge is -2.06. The van der Waals surface area contributed by atoms with E-state index in [2.05, 4.69) is 10.6 Å². The molecule has 5 heteroatoms. The lowest BCUT2D eigenvalue weighted by atomic mass is 10.3. The number of hydrogen-bond donors (Lipinski definition) is 3. The Balaban J connectivity index is 2.72. The third-order valence-corrected chi connectivity index (χ3v) is 1.58. The molecule has 0 aliphatic carbocycles. The summed E-state index contributed by atoms with van der Waals surface area (Å²) >= 11 is 0. The maximum Gasteiger partial charge on any atom is 0.319 e. The van der Waals surface area contributed by atoms with Gasteiger partial charge in [0.05, 0.1) is 5.69 Å². The Morgan fingerprint density at radius 1 is 1.57 bits per heavy atom. The van der Waals surface area contributed by atoms with Crippen molar-refractivity contribution in [2.75, 3.05) is 17.6 Å². The maximum absolute atomic E-state index is 13.1. The zero-order valence-corrected chi connectivity index (χ0v) is 7.80. The lowest BCUT2D eigenvalue weighted by molar-refractivity contribution is 0.252. The SMILES string of the molecule is CCNC(=O)Nc1ccc(N)cc1F. The van der Waals surface area contributed by atoms with Crippen LogP contribution >= 0.6 is 0 Å². The molecule has 0 bridgehead atoms. The predicted molar refractivity (Wildman–Crippen MR) is 53.5 cm³/mol. The van der Waals surface area contributed by atoms with Gasteiger partial charge in [0.25, 0.3) is 0 Å². The van der Waals surface area contributed by atoms with Crippen molar-refractivity contribution in [2.24, 2.45) is 0 Å². The van der Waals surface area contributed by atoms with Gasteiger partial charge in [-0.05, 0) is 25.1 Å². The van der Waals surface area contributed by atoms with Gasteiger partial charge in [-0.1, -0.05) is 0 Å². The van der Waals surface area contributed by atoms with E-state index in [-0.39, 0.29) is 5.69 Å². The quantitative estimate of drug-likeness (QED) is 0.629. The molecular weight excluding hydrogens is 185 g/mol. The lowest BCUT2D eigenvalue weighted by Crippen LogP contribution is -2.28. The molecule has 0 aromatic heterocycles. The highest BCUT2D eigenvalue weighted by Gasteiger charge is 2.05. The van der Waals surface area contributed by atoms with Gasteiger partial charge in [-0.2, -0.15) is 0 Å². The first-order valence-corrected chi connectivity index (χ1v) is 4.23. The van der Waals surface area contributed by atoms with Crippen LogP contribution in [-0.4, -0.2) is 12.6 Å². The van der Waals surface area contributed by atoms with Gasteiger partial charge in [-0.3, -0.25) is 0 Å². The average molecular weight is 197 g/mol. The van der Waals surface area contributed by atoms with Gasteiger partial charge < -0.3 is 16.4 Å². The van der Waals surface area contributed by atoms with Crippen LogP contribution in [0.3, 0.4) is 0 Å². The number of nitrogen functional groups attached to an aromatic ring is 1. The second-order valence-electron chi connectivity index (χ2n) is 2.72. The summed E-state index contributed by atoms with van der Waals surface area (Å²) < 4.78 is 13.1. The molecule has 0 atom stereocenters. The van der Waals surface area contributed by atoms with Gasteiger partial charge in [-0.25, -0.2) is 9.18 Å². The van der Waals surface area contributed by atoms with Crippen LogP contribution in [0.25, 0.3) is 0 Å². The molecule has 1 rings (SSSR count). The molecule has 4 nitrogen and oxygen atoms in total. The minimum absolute atomic E-state index is 0.116. The van der Waals surface area contributed by atoms with Crippen LogP contribution in [0.4, 0.5) is 20.6 Å². The van der Waals surface area contributed by atoms with Crippen LogP contribution < -0.4 is 16.4 Å². The topological polar surface area (TPSA) is 67.2 Å². The van der Waals surface area contributed by atoms with Crippen molar-refractivity contribution in [3.05, 3.63) is 24.0 Å². The molecule has 0 spiro atoms. The molecule has 76 valence electrons. The summed E-state index contributed by atoms with van der Waals surface area (Å²) in [5.74, 6) is -0.545. The number of anilines is 2. The first-order chi connectivity index (χ1) is 6.63. The number of nitrogens with one attached hydrogen (secondary N) is 2. The Morgan fingerprint density at radius 3 is 2.86 bits per heavy atom. The third-order valence-electron chi connectivity index (χ3n) is 1.58. The summed E-state index contributed by atoms with van der Waals surface area (Å²) in [7, 11) is 0. The summed E-state index contributed by atoms with van der Waals surface area (Å²) in [6, 6.07) is 3.66. The summed E-state index contributed by atoms with van der Waals surface area (Å²) in [6.07, 6.45) is 0. The van der Waals surface area contributed by atoms with Crippen molar-refractivity contribution < 1.29 is 9.18 Å². The maximum atomic E-state index is 13.1. The first kappa shape index (κ1) is 10.3. The molecule has 0 saturated heterocycles. The van der Waals surface area contributed by atoms with E-state index in [0.717, 1.165) is 6.07 Å². The van der Waals surface area contributed by atoms with Crippen LogP contribution in [-0.2, 0) is 0 Å². The normalized spacial score (nSPS) is 9.57. The van der Waals surface area contributed by atoms with E-state index in [9.17, 15) is 9.18 Å². The van der Waals surface area contributed by atoms with Gasteiger partial charge in [0, 0.05) is 12.2 Å². The Kier molecular flexibility index (Phi) is 3.28. The Morgan fingerprint density at radius 2 is 2.29 bits per heavy atom. The molecule has 1 aromatic rings. The zero-order chi connectivity index (χ0) is 10.6. The van der Waals surface area contributed by atoms with Crippen LogP contribution in [0.2, 0.25) is 0 Å². The van der Waals surface area contributed by atoms with Crippen molar-refractivity contribution in [3.8, 4) is 0 Å². The van der Waals surface area contributed by atoms with E-state index in [1.165, 1.54) is 12.1 Å². The minimum atomic E-state index is -0.545. The van der Waals surface area contributed by atoms with Gasteiger partial charge >= 0.3 is 6.03 Å². The highest BCUT2D eigenvalue weighted by molar-refractivity contribution is 5.89. The molecule has 14 heavy (non-hydrogen) atoms. The molecule has 1 aromatic carbocycles. The second-order valence-corrected chi connectivity index (χ2v) is 2.72. The molecule has 4 N–H and O–H groups in total. The number of nitrogens with two attached hydrogens (primary N) is 1. The van der Waals surface area contributed by atoms with Crippen molar-refractivity contribution >= 4 is 17.4 Å². The third kappa shape index (κ3) is 2.62. The average Bonchev–Trinajstić information content (AvgIpc) is 2.10. The van der Waals surface area contributed by atoms with Crippen molar-refractivity contribution in [3.63, 3.8) is 0 Å². The number of carbonyl (C=O) groups is 1.